The summed E-state index contributed by atoms with van der Waals surface area (Å²) in [6.45, 7) is 3.88. The van der Waals surface area contributed by atoms with Gasteiger partial charge in [0.1, 0.15) is 5.82 Å². The van der Waals surface area contributed by atoms with Crippen LogP contribution >= 0.6 is 0 Å². The first-order chi connectivity index (χ1) is 9.94. The molecule has 3 rings (SSSR count). The van der Waals surface area contributed by atoms with E-state index in [2.05, 4.69) is 27.0 Å². The van der Waals surface area contributed by atoms with Gasteiger partial charge >= 0.3 is 0 Å². The lowest BCUT2D eigenvalue weighted by Gasteiger charge is -2.32. The highest BCUT2D eigenvalue weighted by Gasteiger charge is 2.32. The van der Waals surface area contributed by atoms with E-state index in [1.807, 2.05) is 0 Å². The van der Waals surface area contributed by atoms with Crippen LogP contribution in [0.25, 0.3) is 0 Å². The average Bonchev–Trinajstić information content (AvgIpc) is 3.05. The fourth-order valence-electron chi connectivity index (χ4n) is 3.22. The van der Waals surface area contributed by atoms with Crippen molar-refractivity contribution in [2.45, 2.75) is 38.1 Å². The van der Waals surface area contributed by atoms with Crippen LogP contribution in [0.1, 0.15) is 37.9 Å². The fraction of sp³-hybridized carbons (Fsp3) is 0.846. The van der Waals surface area contributed by atoms with Crippen molar-refractivity contribution in [3.63, 3.8) is 0 Å². The Balaban J connectivity index is 1.64. The topological polar surface area (TPSA) is 105 Å². The standard InChI is InChI=1S/C13H23N5O2S/c1-9(14)10-2-5-18(6-3-10)13-15-12(16-17-13)11-4-7-21(19,20)8-11/h9-11H,2-8,14H2,1H3,(H,15,16,17). The van der Waals surface area contributed by atoms with Gasteiger partial charge in [-0.05, 0) is 32.1 Å². The summed E-state index contributed by atoms with van der Waals surface area (Å²) in [7, 11) is -2.89. The Kier molecular flexibility index (Phi) is 3.92. The lowest BCUT2D eigenvalue weighted by Crippen LogP contribution is -2.40. The SMILES string of the molecule is CC(N)C1CCN(c2n[nH]c(C3CCS(=O)(=O)C3)n2)CC1. The molecule has 7 nitrogen and oxygen atoms in total. The highest BCUT2D eigenvalue weighted by atomic mass is 32.2. The number of piperidine rings is 1. The van der Waals surface area contributed by atoms with Gasteiger partial charge in [-0.1, -0.05) is 0 Å². The van der Waals surface area contributed by atoms with E-state index in [1.54, 1.807) is 0 Å². The van der Waals surface area contributed by atoms with Gasteiger partial charge in [-0.2, -0.15) is 4.98 Å². The normalized spacial score (nSPS) is 27.9. The van der Waals surface area contributed by atoms with E-state index in [0.717, 1.165) is 25.9 Å². The Morgan fingerprint density at radius 3 is 2.62 bits per heavy atom. The zero-order valence-corrected chi connectivity index (χ0v) is 13.1. The van der Waals surface area contributed by atoms with Crippen molar-refractivity contribution in [3.05, 3.63) is 5.82 Å². The van der Waals surface area contributed by atoms with Gasteiger partial charge in [-0.15, -0.1) is 5.10 Å². The molecule has 1 aromatic rings. The summed E-state index contributed by atoms with van der Waals surface area (Å²) in [5, 5.41) is 7.19. The summed E-state index contributed by atoms with van der Waals surface area (Å²) in [6.07, 6.45) is 2.75. The van der Waals surface area contributed by atoms with Gasteiger partial charge in [-0.3, -0.25) is 5.10 Å². The Morgan fingerprint density at radius 2 is 2.05 bits per heavy atom. The van der Waals surface area contributed by atoms with E-state index in [4.69, 9.17) is 5.73 Å². The lowest BCUT2D eigenvalue weighted by atomic mass is 9.91. The van der Waals surface area contributed by atoms with E-state index in [1.165, 1.54) is 0 Å². The van der Waals surface area contributed by atoms with Crippen molar-refractivity contribution >= 4 is 15.8 Å². The molecular weight excluding hydrogens is 290 g/mol. The van der Waals surface area contributed by atoms with E-state index in [-0.39, 0.29) is 23.5 Å². The Morgan fingerprint density at radius 1 is 1.33 bits per heavy atom. The first-order valence-corrected chi connectivity index (χ1v) is 9.40. The zero-order chi connectivity index (χ0) is 15.0. The molecule has 0 radical (unpaired) electrons. The number of aromatic nitrogens is 3. The summed E-state index contributed by atoms with van der Waals surface area (Å²) >= 11 is 0. The second kappa shape index (κ2) is 5.57. The van der Waals surface area contributed by atoms with Crippen molar-refractivity contribution in [1.29, 1.82) is 0 Å². The van der Waals surface area contributed by atoms with Crippen molar-refractivity contribution < 1.29 is 8.42 Å². The van der Waals surface area contributed by atoms with Gasteiger partial charge in [0.05, 0.1) is 11.5 Å². The average molecular weight is 313 g/mol. The third kappa shape index (κ3) is 3.21. The third-order valence-electron chi connectivity index (χ3n) is 4.68. The summed E-state index contributed by atoms with van der Waals surface area (Å²) in [6, 6.07) is 0.235. The third-order valence-corrected chi connectivity index (χ3v) is 6.44. The predicted molar refractivity (Wildman–Crippen MR) is 81.0 cm³/mol. The maximum Gasteiger partial charge on any atom is 0.244 e. The first kappa shape index (κ1) is 14.8. The Hall–Kier alpha value is -1.15. The van der Waals surface area contributed by atoms with Gasteiger partial charge < -0.3 is 10.6 Å². The summed E-state index contributed by atoms with van der Waals surface area (Å²) in [4.78, 5) is 6.67. The Bertz CT molecular complexity index is 589. The van der Waals surface area contributed by atoms with Crippen LogP contribution in [0.2, 0.25) is 0 Å². The molecule has 3 N–H and O–H groups in total. The van der Waals surface area contributed by atoms with Gasteiger partial charge in [0.25, 0.3) is 0 Å². The quantitative estimate of drug-likeness (QED) is 0.830. The molecule has 1 aromatic heterocycles. The molecule has 2 aliphatic heterocycles. The molecule has 0 saturated carbocycles. The molecule has 0 bridgehead atoms. The summed E-state index contributed by atoms with van der Waals surface area (Å²) in [5.74, 6) is 2.39. The maximum atomic E-state index is 11.5. The van der Waals surface area contributed by atoms with Crippen LogP contribution < -0.4 is 10.6 Å². The van der Waals surface area contributed by atoms with Gasteiger partial charge in [0.15, 0.2) is 9.84 Å². The number of nitrogens with zero attached hydrogens (tertiary/aromatic N) is 3. The number of H-pyrrole nitrogens is 1. The minimum absolute atomic E-state index is 0.0298. The molecule has 2 atom stereocenters. The summed E-state index contributed by atoms with van der Waals surface area (Å²) in [5.41, 5.74) is 5.95. The van der Waals surface area contributed by atoms with Crippen LogP contribution in [-0.2, 0) is 9.84 Å². The lowest BCUT2D eigenvalue weighted by molar-refractivity contribution is 0.352. The minimum atomic E-state index is -2.89. The monoisotopic (exact) mass is 313 g/mol. The van der Waals surface area contributed by atoms with E-state index in [9.17, 15) is 8.42 Å². The zero-order valence-electron chi connectivity index (χ0n) is 12.3. The number of rotatable bonds is 3. The number of nitrogens with one attached hydrogen (secondary N) is 1. The van der Waals surface area contributed by atoms with E-state index >= 15 is 0 Å². The molecule has 2 fully saturated rings. The molecular formula is C13H23N5O2S. The van der Waals surface area contributed by atoms with Crippen molar-refractivity contribution in [2.75, 3.05) is 29.5 Å². The van der Waals surface area contributed by atoms with Gasteiger partial charge in [-0.25, -0.2) is 8.42 Å². The van der Waals surface area contributed by atoms with Gasteiger partial charge in [0, 0.05) is 25.0 Å². The molecule has 21 heavy (non-hydrogen) atoms. The van der Waals surface area contributed by atoms with Crippen molar-refractivity contribution in [2.24, 2.45) is 11.7 Å². The van der Waals surface area contributed by atoms with Crippen LogP contribution in [0.5, 0.6) is 0 Å². The number of hydrogen-bond donors (Lipinski definition) is 2. The predicted octanol–water partition coefficient (Wildman–Crippen LogP) is 0.270. The van der Waals surface area contributed by atoms with Crippen LogP contribution in [0.4, 0.5) is 5.95 Å². The molecule has 0 amide bonds. The second-order valence-electron chi connectivity index (χ2n) is 6.30. The number of sulfone groups is 1. The molecule has 2 unspecified atom stereocenters. The van der Waals surface area contributed by atoms with Crippen LogP contribution in [-0.4, -0.2) is 54.2 Å². The molecule has 118 valence electrons. The number of aromatic amines is 1. The number of anilines is 1. The first-order valence-electron chi connectivity index (χ1n) is 7.58. The fourth-order valence-corrected chi connectivity index (χ4v) is 4.97. The molecule has 0 aromatic carbocycles. The minimum Gasteiger partial charge on any atom is -0.340 e. The molecule has 0 aliphatic carbocycles. The molecule has 2 saturated heterocycles. The largest absolute Gasteiger partial charge is 0.340 e. The van der Waals surface area contributed by atoms with Crippen LogP contribution in [0.3, 0.4) is 0 Å². The molecule has 2 aliphatic rings. The molecule has 0 spiro atoms. The van der Waals surface area contributed by atoms with Crippen LogP contribution in [0.15, 0.2) is 0 Å². The Labute approximate surface area is 125 Å². The smallest absolute Gasteiger partial charge is 0.244 e. The number of nitrogens with two attached hydrogens (primary N) is 1. The van der Waals surface area contributed by atoms with Crippen LogP contribution in [0, 0.1) is 5.92 Å². The number of hydrogen-bond acceptors (Lipinski definition) is 6. The highest BCUT2D eigenvalue weighted by Crippen LogP contribution is 2.28. The summed E-state index contributed by atoms with van der Waals surface area (Å²) < 4.78 is 23.1. The van der Waals surface area contributed by atoms with E-state index in [0.29, 0.717) is 24.1 Å². The molecule has 8 heteroatoms. The molecule has 3 heterocycles. The van der Waals surface area contributed by atoms with Crippen molar-refractivity contribution in [3.8, 4) is 0 Å². The maximum absolute atomic E-state index is 11.5. The van der Waals surface area contributed by atoms with Crippen molar-refractivity contribution in [1.82, 2.24) is 15.2 Å². The van der Waals surface area contributed by atoms with Gasteiger partial charge in [0.2, 0.25) is 5.95 Å². The highest BCUT2D eigenvalue weighted by molar-refractivity contribution is 7.91. The van der Waals surface area contributed by atoms with E-state index < -0.39 is 9.84 Å². The second-order valence-corrected chi connectivity index (χ2v) is 8.53.